The molecule has 3 atom stereocenters. The normalized spacial score (nSPS) is 22.1. The molecule has 0 spiro atoms. The Balaban J connectivity index is 1.85. The number of hydrogen-bond acceptors (Lipinski definition) is 5. The van der Waals surface area contributed by atoms with Gasteiger partial charge in [0.15, 0.2) is 0 Å². The summed E-state index contributed by atoms with van der Waals surface area (Å²) in [4.78, 5) is 36.2. The molecule has 0 radical (unpaired) electrons. The Morgan fingerprint density at radius 3 is 2.32 bits per heavy atom. The molecule has 0 unspecified atom stereocenters. The van der Waals surface area contributed by atoms with Gasteiger partial charge in [-0.3, -0.25) is 4.79 Å². The molecule has 1 saturated carbocycles. The lowest BCUT2D eigenvalue weighted by Gasteiger charge is -2.35. The van der Waals surface area contributed by atoms with E-state index in [1.165, 1.54) is 6.92 Å². The van der Waals surface area contributed by atoms with Crippen molar-refractivity contribution < 1.29 is 23.9 Å². The second kappa shape index (κ2) is 9.57. The van der Waals surface area contributed by atoms with Crippen LogP contribution in [-0.2, 0) is 20.9 Å². The maximum atomic E-state index is 12.1. The van der Waals surface area contributed by atoms with E-state index in [-0.39, 0.29) is 30.4 Å². The van der Waals surface area contributed by atoms with Gasteiger partial charge < -0.3 is 20.1 Å². The topological polar surface area (TPSA) is 93.7 Å². The van der Waals surface area contributed by atoms with E-state index in [4.69, 9.17) is 9.47 Å². The zero-order valence-electron chi connectivity index (χ0n) is 17.0. The standard InChI is InChI=1S/C21H30N2O5/c1-14(24)17-12-16(22-20(26)28-21(2,3)4)10-11-18(17)23-19(25)27-13-15-8-6-5-7-9-15/h5-9,16-18H,10-13H2,1-4H3,(H,22,26)(H,23,25)/t16-,17+,18+/m1/s1. The number of amides is 2. The molecule has 2 N–H and O–H groups in total. The van der Waals surface area contributed by atoms with Gasteiger partial charge in [0.25, 0.3) is 0 Å². The average molecular weight is 390 g/mol. The number of rotatable bonds is 5. The van der Waals surface area contributed by atoms with Crippen molar-refractivity contribution in [3.63, 3.8) is 0 Å². The van der Waals surface area contributed by atoms with Crippen molar-refractivity contribution in [3.8, 4) is 0 Å². The lowest BCUT2D eigenvalue weighted by Crippen LogP contribution is -2.51. The van der Waals surface area contributed by atoms with Crippen LogP contribution in [-0.4, -0.2) is 35.7 Å². The Morgan fingerprint density at radius 1 is 1.04 bits per heavy atom. The number of ketones is 1. The largest absolute Gasteiger partial charge is 0.445 e. The molecule has 0 aromatic heterocycles. The van der Waals surface area contributed by atoms with Crippen LogP contribution >= 0.6 is 0 Å². The fourth-order valence-electron chi connectivity index (χ4n) is 3.31. The van der Waals surface area contributed by atoms with Crippen LogP contribution in [0.15, 0.2) is 30.3 Å². The average Bonchev–Trinajstić information content (AvgIpc) is 2.60. The maximum Gasteiger partial charge on any atom is 0.407 e. The highest BCUT2D eigenvalue weighted by Crippen LogP contribution is 2.26. The van der Waals surface area contributed by atoms with E-state index < -0.39 is 17.8 Å². The Labute approximate surface area is 166 Å². The van der Waals surface area contributed by atoms with E-state index in [1.807, 2.05) is 30.3 Å². The monoisotopic (exact) mass is 390 g/mol. The van der Waals surface area contributed by atoms with Gasteiger partial charge in [-0.1, -0.05) is 30.3 Å². The third-order valence-electron chi connectivity index (χ3n) is 4.61. The minimum atomic E-state index is -0.578. The van der Waals surface area contributed by atoms with Gasteiger partial charge >= 0.3 is 12.2 Å². The SMILES string of the molecule is CC(=O)[C@@H]1C[C@H](NC(=O)OC(C)(C)C)CC[C@@H]1NC(=O)OCc1ccccc1. The highest BCUT2D eigenvalue weighted by Gasteiger charge is 2.35. The number of alkyl carbamates (subject to hydrolysis) is 2. The molecule has 0 heterocycles. The number of carbonyl (C=O) groups excluding carboxylic acids is 3. The van der Waals surface area contributed by atoms with Gasteiger partial charge in [0, 0.05) is 18.0 Å². The zero-order chi connectivity index (χ0) is 20.7. The van der Waals surface area contributed by atoms with Gasteiger partial charge in [0.1, 0.15) is 18.0 Å². The number of nitrogens with one attached hydrogen (secondary N) is 2. The summed E-state index contributed by atoms with van der Waals surface area (Å²) in [6.45, 7) is 7.07. The molecule has 2 rings (SSSR count). The highest BCUT2D eigenvalue weighted by molar-refractivity contribution is 5.80. The number of Topliss-reactive ketones (excluding diaryl/α,β-unsaturated/α-hetero) is 1. The first kappa shape index (κ1) is 21.7. The van der Waals surface area contributed by atoms with Crippen molar-refractivity contribution >= 4 is 18.0 Å². The van der Waals surface area contributed by atoms with Crippen molar-refractivity contribution in [1.82, 2.24) is 10.6 Å². The molecule has 2 amide bonds. The second-order valence-electron chi connectivity index (χ2n) is 8.19. The first-order valence-corrected chi connectivity index (χ1v) is 9.61. The fraction of sp³-hybridized carbons (Fsp3) is 0.571. The lowest BCUT2D eigenvalue weighted by molar-refractivity contribution is -0.122. The summed E-state index contributed by atoms with van der Waals surface area (Å²) in [5.41, 5.74) is 0.316. The fourth-order valence-corrected chi connectivity index (χ4v) is 3.31. The van der Waals surface area contributed by atoms with E-state index in [1.54, 1.807) is 20.8 Å². The van der Waals surface area contributed by atoms with Gasteiger partial charge in [0.05, 0.1) is 0 Å². The van der Waals surface area contributed by atoms with E-state index >= 15 is 0 Å². The molecule has 1 aliphatic rings. The third-order valence-corrected chi connectivity index (χ3v) is 4.61. The van der Waals surface area contributed by atoms with Crippen molar-refractivity contribution in [3.05, 3.63) is 35.9 Å². The minimum Gasteiger partial charge on any atom is -0.445 e. The van der Waals surface area contributed by atoms with Crippen LogP contribution < -0.4 is 10.6 Å². The van der Waals surface area contributed by atoms with Gasteiger partial charge in [-0.25, -0.2) is 9.59 Å². The first-order chi connectivity index (χ1) is 13.1. The van der Waals surface area contributed by atoms with Crippen LogP contribution in [0.2, 0.25) is 0 Å². The predicted octanol–water partition coefficient (Wildman–Crippen LogP) is 3.56. The molecule has 154 valence electrons. The van der Waals surface area contributed by atoms with Gasteiger partial charge in [-0.2, -0.15) is 0 Å². The molecule has 7 nitrogen and oxygen atoms in total. The molecular weight excluding hydrogens is 360 g/mol. The van der Waals surface area contributed by atoms with Crippen LogP contribution in [0.25, 0.3) is 0 Å². The molecule has 1 aromatic carbocycles. The van der Waals surface area contributed by atoms with E-state index in [0.29, 0.717) is 19.3 Å². The number of ether oxygens (including phenoxy) is 2. The lowest BCUT2D eigenvalue weighted by atomic mass is 9.79. The van der Waals surface area contributed by atoms with Gasteiger partial charge in [-0.15, -0.1) is 0 Å². The van der Waals surface area contributed by atoms with Gasteiger partial charge in [-0.05, 0) is 52.5 Å². The Hall–Kier alpha value is -2.57. The van der Waals surface area contributed by atoms with Crippen molar-refractivity contribution in [1.29, 1.82) is 0 Å². The Morgan fingerprint density at radius 2 is 1.71 bits per heavy atom. The summed E-state index contributed by atoms with van der Waals surface area (Å²) >= 11 is 0. The minimum absolute atomic E-state index is 0.0240. The quantitative estimate of drug-likeness (QED) is 0.802. The molecule has 0 saturated heterocycles. The smallest absolute Gasteiger partial charge is 0.407 e. The number of hydrogen-bond donors (Lipinski definition) is 2. The van der Waals surface area contributed by atoms with Crippen molar-refractivity contribution in [2.45, 2.75) is 71.2 Å². The van der Waals surface area contributed by atoms with Crippen LogP contribution in [0, 0.1) is 5.92 Å². The predicted molar refractivity (Wildman–Crippen MR) is 105 cm³/mol. The third kappa shape index (κ3) is 7.21. The first-order valence-electron chi connectivity index (χ1n) is 9.61. The van der Waals surface area contributed by atoms with E-state index in [2.05, 4.69) is 10.6 Å². The zero-order valence-corrected chi connectivity index (χ0v) is 17.0. The summed E-state index contributed by atoms with van der Waals surface area (Å²) in [5.74, 6) is -0.401. The van der Waals surface area contributed by atoms with E-state index in [9.17, 15) is 14.4 Å². The molecule has 1 aliphatic carbocycles. The molecule has 0 aliphatic heterocycles. The van der Waals surface area contributed by atoms with Crippen LogP contribution in [0.1, 0.15) is 52.5 Å². The highest BCUT2D eigenvalue weighted by atomic mass is 16.6. The summed E-state index contributed by atoms with van der Waals surface area (Å²) in [6, 6.07) is 8.92. The van der Waals surface area contributed by atoms with Gasteiger partial charge in [0.2, 0.25) is 0 Å². The molecule has 0 bridgehead atoms. The maximum absolute atomic E-state index is 12.1. The van der Waals surface area contributed by atoms with Crippen molar-refractivity contribution in [2.75, 3.05) is 0 Å². The molecule has 28 heavy (non-hydrogen) atoms. The Kier molecular flexibility index (Phi) is 7.43. The van der Waals surface area contributed by atoms with Crippen molar-refractivity contribution in [2.24, 2.45) is 5.92 Å². The number of benzene rings is 1. The summed E-state index contributed by atoms with van der Waals surface area (Å²) < 4.78 is 10.5. The molecule has 1 fully saturated rings. The molecule has 7 heteroatoms. The summed E-state index contributed by atoms with van der Waals surface area (Å²) in [7, 11) is 0. The van der Waals surface area contributed by atoms with Crippen LogP contribution in [0.4, 0.5) is 9.59 Å². The van der Waals surface area contributed by atoms with E-state index in [0.717, 1.165) is 5.56 Å². The van der Waals surface area contributed by atoms with Crippen LogP contribution in [0.3, 0.4) is 0 Å². The molecular formula is C21H30N2O5. The summed E-state index contributed by atoms with van der Waals surface area (Å²) in [6.07, 6.45) is 0.642. The Bertz CT molecular complexity index is 684. The molecule has 1 aromatic rings. The summed E-state index contributed by atoms with van der Waals surface area (Å²) in [5, 5.41) is 5.63. The van der Waals surface area contributed by atoms with Crippen LogP contribution in [0.5, 0.6) is 0 Å². The number of carbonyl (C=O) groups is 3. The second-order valence-corrected chi connectivity index (χ2v) is 8.19.